The number of hydrogen-bond acceptors (Lipinski definition) is 4. The Labute approximate surface area is 161 Å². The van der Waals surface area contributed by atoms with E-state index in [0.717, 1.165) is 16.2 Å². The second-order valence-corrected chi connectivity index (χ2v) is 6.86. The van der Waals surface area contributed by atoms with Crippen LogP contribution in [0.5, 0.6) is 5.75 Å². The number of nitrogens with one attached hydrogen (secondary N) is 1. The summed E-state index contributed by atoms with van der Waals surface area (Å²) in [5.41, 5.74) is 1.47. The fourth-order valence-electron chi connectivity index (χ4n) is 2.34. The maximum absolute atomic E-state index is 12.6. The van der Waals surface area contributed by atoms with Gasteiger partial charge in [0, 0.05) is 17.6 Å². The van der Waals surface area contributed by atoms with Crippen LogP contribution in [0.3, 0.4) is 0 Å². The van der Waals surface area contributed by atoms with Crippen molar-refractivity contribution in [2.45, 2.75) is 16.5 Å². The highest BCUT2D eigenvalue weighted by molar-refractivity contribution is 7.99. The van der Waals surface area contributed by atoms with Crippen LogP contribution in [-0.4, -0.2) is 18.0 Å². The molecule has 132 valence electrons. The van der Waals surface area contributed by atoms with E-state index in [4.69, 9.17) is 16.3 Å². The molecule has 1 amide bonds. The molecule has 0 saturated heterocycles. The van der Waals surface area contributed by atoms with Crippen molar-refractivity contribution in [3.05, 3.63) is 83.0 Å². The van der Waals surface area contributed by atoms with Gasteiger partial charge >= 0.3 is 0 Å². The molecular weight excluding hydrogens is 368 g/mol. The number of pyridine rings is 1. The smallest absolute Gasteiger partial charge is 0.254 e. The molecule has 0 fully saturated rings. The average Bonchev–Trinajstić information content (AvgIpc) is 2.68. The zero-order valence-electron chi connectivity index (χ0n) is 14.1. The Morgan fingerprint density at radius 1 is 1.15 bits per heavy atom. The standard InChI is InChI=1S/C20H17ClN2O2S/c1-25-15-7-4-6-14(12-15)13-23-19(24)16-8-5-11-22-20(16)26-18-10-3-2-9-17(18)21/h2-12H,13H2,1H3,(H,23,24). The quantitative estimate of drug-likeness (QED) is 0.661. The highest BCUT2D eigenvalue weighted by Crippen LogP contribution is 2.33. The van der Waals surface area contributed by atoms with E-state index in [1.807, 2.05) is 48.5 Å². The van der Waals surface area contributed by atoms with E-state index in [0.29, 0.717) is 22.2 Å². The van der Waals surface area contributed by atoms with Gasteiger partial charge in [0.05, 0.1) is 17.7 Å². The highest BCUT2D eigenvalue weighted by atomic mass is 35.5. The molecule has 0 atom stereocenters. The minimum absolute atomic E-state index is 0.185. The minimum atomic E-state index is -0.185. The number of amides is 1. The molecule has 26 heavy (non-hydrogen) atoms. The molecule has 3 aromatic rings. The van der Waals surface area contributed by atoms with Crippen molar-refractivity contribution in [2.75, 3.05) is 7.11 Å². The summed E-state index contributed by atoms with van der Waals surface area (Å²) in [5.74, 6) is 0.573. The minimum Gasteiger partial charge on any atom is -0.497 e. The molecule has 0 aliphatic rings. The van der Waals surface area contributed by atoms with Crippen molar-refractivity contribution < 1.29 is 9.53 Å². The van der Waals surface area contributed by atoms with E-state index in [2.05, 4.69) is 10.3 Å². The molecule has 2 aromatic carbocycles. The van der Waals surface area contributed by atoms with Gasteiger partial charge in [0.25, 0.3) is 5.91 Å². The molecule has 6 heteroatoms. The van der Waals surface area contributed by atoms with E-state index in [1.165, 1.54) is 11.8 Å². The van der Waals surface area contributed by atoms with Gasteiger partial charge in [-0.15, -0.1) is 0 Å². The predicted molar refractivity (Wildman–Crippen MR) is 104 cm³/mol. The molecule has 0 spiro atoms. The summed E-state index contributed by atoms with van der Waals surface area (Å²) in [7, 11) is 1.62. The van der Waals surface area contributed by atoms with Crippen molar-refractivity contribution in [1.29, 1.82) is 0 Å². The topological polar surface area (TPSA) is 51.2 Å². The number of halogens is 1. The van der Waals surface area contributed by atoms with Crippen LogP contribution in [0.15, 0.2) is 76.8 Å². The van der Waals surface area contributed by atoms with Gasteiger partial charge in [-0.1, -0.05) is 47.6 Å². The molecular formula is C20H17ClN2O2S. The summed E-state index contributed by atoms with van der Waals surface area (Å²) in [6.45, 7) is 0.404. The van der Waals surface area contributed by atoms with E-state index in [9.17, 15) is 4.79 Å². The van der Waals surface area contributed by atoms with Crippen molar-refractivity contribution in [3.8, 4) is 5.75 Å². The molecule has 0 saturated carbocycles. The normalized spacial score (nSPS) is 10.4. The van der Waals surface area contributed by atoms with Gasteiger partial charge < -0.3 is 10.1 Å². The number of rotatable bonds is 6. The van der Waals surface area contributed by atoms with Crippen molar-refractivity contribution in [1.82, 2.24) is 10.3 Å². The maximum Gasteiger partial charge on any atom is 0.254 e. The monoisotopic (exact) mass is 384 g/mol. The number of carbonyl (C=O) groups excluding carboxylic acids is 1. The van der Waals surface area contributed by atoms with Crippen LogP contribution in [0, 0.1) is 0 Å². The maximum atomic E-state index is 12.6. The zero-order valence-corrected chi connectivity index (χ0v) is 15.7. The van der Waals surface area contributed by atoms with Gasteiger partial charge in [-0.25, -0.2) is 4.98 Å². The van der Waals surface area contributed by atoms with Gasteiger partial charge in [0.1, 0.15) is 10.8 Å². The number of carbonyl (C=O) groups is 1. The largest absolute Gasteiger partial charge is 0.497 e. The molecule has 0 aliphatic heterocycles. The van der Waals surface area contributed by atoms with Crippen LogP contribution in [0.4, 0.5) is 0 Å². The molecule has 0 unspecified atom stereocenters. The Morgan fingerprint density at radius 2 is 2.00 bits per heavy atom. The van der Waals surface area contributed by atoms with Crippen LogP contribution in [-0.2, 0) is 6.54 Å². The van der Waals surface area contributed by atoms with Crippen molar-refractivity contribution >= 4 is 29.3 Å². The number of benzene rings is 2. The van der Waals surface area contributed by atoms with E-state index in [-0.39, 0.29) is 5.91 Å². The van der Waals surface area contributed by atoms with E-state index >= 15 is 0 Å². The number of hydrogen-bond donors (Lipinski definition) is 1. The third kappa shape index (κ3) is 4.56. The van der Waals surface area contributed by atoms with Gasteiger partial charge in [0.15, 0.2) is 0 Å². The van der Waals surface area contributed by atoms with Crippen molar-refractivity contribution in [3.63, 3.8) is 0 Å². The third-order valence-electron chi connectivity index (χ3n) is 3.65. The van der Waals surface area contributed by atoms with Gasteiger partial charge in [-0.2, -0.15) is 0 Å². The first kappa shape index (κ1) is 18.3. The van der Waals surface area contributed by atoms with Crippen LogP contribution in [0.25, 0.3) is 0 Å². The molecule has 1 N–H and O–H groups in total. The Balaban J connectivity index is 1.74. The molecule has 0 aliphatic carbocycles. The first-order valence-corrected chi connectivity index (χ1v) is 9.15. The molecule has 4 nitrogen and oxygen atoms in total. The summed E-state index contributed by atoms with van der Waals surface area (Å²) in [5, 5.41) is 4.17. The van der Waals surface area contributed by atoms with E-state index in [1.54, 1.807) is 25.4 Å². The Bertz CT molecular complexity index is 918. The van der Waals surface area contributed by atoms with Crippen LogP contribution in [0.1, 0.15) is 15.9 Å². The van der Waals surface area contributed by atoms with Crippen LogP contribution < -0.4 is 10.1 Å². The third-order valence-corrected chi connectivity index (χ3v) is 5.18. The highest BCUT2D eigenvalue weighted by Gasteiger charge is 2.14. The average molecular weight is 385 g/mol. The summed E-state index contributed by atoms with van der Waals surface area (Å²) in [6, 6.07) is 18.6. The van der Waals surface area contributed by atoms with Crippen LogP contribution >= 0.6 is 23.4 Å². The number of nitrogens with zero attached hydrogens (tertiary/aromatic N) is 1. The second kappa shape index (κ2) is 8.74. The first-order chi connectivity index (χ1) is 12.7. The van der Waals surface area contributed by atoms with Crippen LogP contribution in [0.2, 0.25) is 5.02 Å². The Kier molecular flexibility index (Phi) is 6.15. The number of methoxy groups -OCH3 is 1. The Morgan fingerprint density at radius 3 is 2.81 bits per heavy atom. The summed E-state index contributed by atoms with van der Waals surface area (Å²) in [6.07, 6.45) is 1.66. The lowest BCUT2D eigenvalue weighted by molar-refractivity contribution is 0.0947. The zero-order chi connectivity index (χ0) is 18.4. The first-order valence-electron chi connectivity index (χ1n) is 7.96. The summed E-state index contributed by atoms with van der Waals surface area (Å²) in [4.78, 5) is 17.8. The number of aromatic nitrogens is 1. The van der Waals surface area contributed by atoms with Gasteiger partial charge in [0.2, 0.25) is 0 Å². The second-order valence-electron chi connectivity index (χ2n) is 5.42. The molecule has 3 rings (SSSR count). The fraction of sp³-hybridized carbons (Fsp3) is 0.100. The van der Waals surface area contributed by atoms with Gasteiger partial charge in [-0.3, -0.25) is 4.79 Å². The van der Waals surface area contributed by atoms with Gasteiger partial charge in [-0.05, 0) is 42.0 Å². The fourth-order valence-corrected chi connectivity index (χ4v) is 3.49. The SMILES string of the molecule is COc1cccc(CNC(=O)c2cccnc2Sc2ccccc2Cl)c1. The molecule has 1 heterocycles. The summed E-state index contributed by atoms with van der Waals surface area (Å²) < 4.78 is 5.20. The molecule has 0 radical (unpaired) electrons. The number of ether oxygens (including phenoxy) is 1. The lowest BCUT2D eigenvalue weighted by Gasteiger charge is -2.10. The molecule has 0 bridgehead atoms. The lowest BCUT2D eigenvalue weighted by atomic mass is 10.2. The molecule has 1 aromatic heterocycles. The predicted octanol–water partition coefficient (Wildman–Crippen LogP) is 4.82. The van der Waals surface area contributed by atoms with Crippen molar-refractivity contribution in [2.24, 2.45) is 0 Å². The Hall–Kier alpha value is -2.50. The summed E-state index contributed by atoms with van der Waals surface area (Å²) >= 11 is 7.59. The van der Waals surface area contributed by atoms with E-state index < -0.39 is 0 Å². The lowest BCUT2D eigenvalue weighted by Crippen LogP contribution is -2.23.